The van der Waals surface area contributed by atoms with Gasteiger partial charge in [0.2, 0.25) is 0 Å². The van der Waals surface area contributed by atoms with E-state index >= 15 is 0 Å². The fourth-order valence-electron chi connectivity index (χ4n) is 3.27. The van der Waals surface area contributed by atoms with E-state index < -0.39 is 0 Å². The van der Waals surface area contributed by atoms with Gasteiger partial charge in [0.15, 0.2) is 0 Å². The van der Waals surface area contributed by atoms with Gasteiger partial charge in [-0.1, -0.05) is 52.9 Å². The number of methoxy groups -OCH3 is 1. The molecule has 0 aliphatic rings. The second kappa shape index (κ2) is 8.55. The van der Waals surface area contributed by atoms with Gasteiger partial charge >= 0.3 is 0 Å². The van der Waals surface area contributed by atoms with Crippen molar-refractivity contribution in [3.63, 3.8) is 0 Å². The van der Waals surface area contributed by atoms with Gasteiger partial charge in [0.05, 0.1) is 29.1 Å². The van der Waals surface area contributed by atoms with Crippen molar-refractivity contribution < 1.29 is 4.74 Å². The van der Waals surface area contributed by atoms with Crippen LogP contribution in [-0.2, 0) is 4.55 Å². The summed E-state index contributed by atoms with van der Waals surface area (Å²) in [6, 6.07) is 18.9. The predicted molar refractivity (Wildman–Crippen MR) is 124 cm³/mol. The molecule has 0 atom stereocenters. The van der Waals surface area contributed by atoms with E-state index in [1.54, 1.807) is 46.8 Å². The molecule has 2 aromatic heterocycles. The van der Waals surface area contributed by atoms with Crippen LogP contribution in [0.2, 0.25) is 0 Å². The molecule has 0 bridgehead atoms. The van der Waals surface area contributed by atoms with Crippen molar-refractivity contribution in [2.45, 2.75) is 4.55 Å². The first kappa shape index (κ1) is 19.9. The molecule has 0 saturated heterocycles. The molecular formula is C23H17IN4O2. The Hall–Kier alpha value is -3.38. The number of hydrogen-bond acceptors (Lipinski definition) is 4. The second-order valence-electron chi connectivity index (χ2n) is 6.56. The second-order valence-corrected chi connectivity index (χ2v) is 7.25. The smallest absolute Gasteiger partial charge is 0.251 e. The first-order chi connectivity index (χ1) is 14.6. The van der Waals surface area contributed by atoms with Crippen molar-refractivity contribution in [1.82, 2.24) is 14.3 Å². The molecule has 0 saturated carbocycles. The van der Waals surface area contributed by atoms with Gasteiger partial charge in [-0.05, 0) is 23.3 Å². The molecule has 148 valence electrons. The summed E-state index contributed by atoms with van der Waals surface area (Å²) in [5.41, 5.74) is 4.60. The van der Waals surface area contributed by atoms with E-state index in [0.717, 1.165) is 22.3 Å². The van der Waals surface area contributed by atoms with Crippen LogP contribution in [0, 0.1) is 11.3 Å². The van der Waals surface area contributed by atoms with Gasteiger partial charge in [-0.2, -0.15) is 10.4 Å². The van der Waals surface area contributed by atoms with Crippen molar-refractivity contribution in [2.75, 3.05) is 7.11 Å². The van der Waals surface area contributed by atoms with E-state index in [1.165, 1.54) is 0 Å². The summed E-state index contributed by atoms with van der Waals surface area (Å²) in [6.07, 6.45) is 5.46. The lowest BCUT2D eigenvalue weighted by Crippen LogP contribution is -2.17. The number of nitriles is 1. The SMILES string of the molecule is COc1ccc(C#N)c(-n2cc(-c3cn(CI)c(=O)cc3-c3ccccc3)cn2)c1. The van der Waals surface area contributed by atoms with Gasteiger partial charge in [0.25, 0.3) is 5.56 Å². The molecule has 0 amide bonds. The maximum atomic E-state index is 12.5. The normalized spacial score (nSPS) is 10.6. The number of benzene rings is 2. The Labute approximate surface area is 187 Å². The Bertz CT molecular complexity index is 1300. The molecule has 2 heterocycles. The summed E-state index contributed by atoms with van der Waals surface area (Å²) in [5.74, 6) is 0.643. The first-order valence-corrected chi connectivity index (χ1v) is 10.7. The van der Waals surface area contributed by atoms with Crippen LogP contribution in [0.15, 0.2) is 78.0 Å². The highest BCUT2D eigenvalue weighted by atomic mass is 127. The minimum Gasteiger partial charge on any atom is -0.497 e. The van der Waals surface area contributed by atoms with E-state index in [0.29, 0.717) is 21.6 Å². The molecule has 4 aromatic rings. The number of ether oxygens (including phenoxy) is 1. The van der Waals surface area contributed by atoms with E-state index in [4.69, 9.17) is 4.74 Å². The minimum atomic E-state index is -0.0565. The molecule has 0 aliphatic heterocycles. The highest BCUT2D eigenvalue weighted by Gasteiger charge is 2.14. The van der Waals surface area contributed by atoms with Gasteiger partial charge in [-0.25, -0.2) is 4.68 Å². The molecule has 0 N–H and O–H groups in total. The van der Waals surface area contributed by atoms with Crippen LogP contribution in [0.5, 0.6) is 5.75 Å². The summed E-state index contributed by atoms with van der Waals surface area (Å²) in [5, 5.41) is 14.0. The monoisotopic (exact) mass is 508 g/mol. The maximum Gasteiger partial charge on any atom is 0.251 e. The van der Waals surface area contributed by atoms with Gasteiger partial charge < -0.3 is 9.30 Å². The first-order valence-electron chi connectivity index (χ1n) is 9.14. The van der Waals surface area contributed by atoms with Crippen LogP contribution in [-0.4, -0.2) is 21.5 Å². The van der Waals surface area contributed by atoms with Gasteiger partial charge in [-0.3, -0.25) is 4.79 Å². The highest BCUT2D eigenvalue weighted by molar-refractivity contribution is 14.1. The largest absolute Gasteiger partial charge is 0.497 e. The van der Waals surface area contributed by atoms with Crippen LogP contribution in [0.1, 0.15) is 5.56 Å². The Morgan fingerprint density at radius 1 is 1.07 bits per heavy atom. The van der Waals surface area contributed by atoms with Crippen LogP contribution in [0.25, 0.3) is 27.9 Å². The summed E-state index contributed by atoms with van der Waals surface area (Å²) in [7, 11) is 1.58. The third-order valence-corrected chi connectivity index (χ3v) is 5.54. The maximum absolute atomic E-state index is 12.5. The average molecular weight is 508 g/mol. The highest BCUT2D eigenvalue weighted by Crippen LogP contribution is 2.32. The quantitative estimate of drug-likeness (QED) is 0.291. The number of halogens is 1. The molecule has 0 radical (unpaired) electrons. The Morgan fingerprint density at radius 3 is 2.57 bits per heavy atom. The van der Waals surface area contributed by atoms with Crippen LogP contribution < -0.4 is 10.3 Å². The van der Waals surface area contributed by atoms with Gasteiger partial charge in [-0.15, -0.1) is 0 Å². The summed E-state index contributed by atoms with van der Waals surface area (Å²) in [4.78, 5) is 12.5. The molecule has 7 heteroatoms. The summed E-state index contributed by atoms with van der Waals surface area (Å²) >= 11 is 2.17. The minimum absolute atomic E-state index is 0.0565. The zero-order valence-electron chi connectivity index (χ0n) is 16.1. The van der Waals surface area contributed by atoms with E-state index in [-0.39, 0.29) is 5.56 Å². The third-order valence-electron chi connectivity index (χ3n) is 4.81. The fourth-order valence-corrected chi connectivity index (χ4v) is 3.80. The molecule has 0 aliphatic carbocycles. The van der Waals surface area contributed by atoms with Crippen LogP contribution >= 0.6 is 22.6 Å². The number of rotatable bonds is 5. The fraction of sp³-hybridized carbons (Fsp3) is 0.0870. The zero-order chi connectivity index (χ0) is 21.1. The Kier molecular flexibility index (Phi) is 5.68. The third kappa shape index (κ3) is 3.74. The summed E-state index contributed by atoms with van der Waals surface area (Å²) in [6.45, 7) is 0. The van der Waals surface area contributed by atoms with Crippen molar-refractivity contribution in [1.29, 1.82) is 5.26 Å². The number of aromatic nitrogens is 3. The summed E-state index contributed by atoms with van der Waals surface area (Å²) < 4.78 is 9.16. The lowest BCUT2D eigenvalue weighted by atomic mass is 9.98. The standard InChI is InChI=1S/C23H17IN4O2/c1-30-19-8-7-17(11-25)22(9-19)28-13-18(12-26-28)21-14-27(15-24)23(29)10-20(21)16-5-3-2-4-6-16/h2-10,12-14H,15H2,1H3. The number of nitrogens with zero attached hydrogens (tertiary/aromatic N) is 4. The number of alkyl halides is 1. The number of pyridine rings is 1. The van der Waals surface area contributed by atoms with Crippen molar-refractivity contribution in [3.8, 4) is 39.8 Å². The van der Waals surface area contributed by atoms with Crippen molar-refractivity contribution in [3.05, 3.63) is 89.1 Å². The molecule has 0 fully saturated rings. The van der Waals surface area contributed by atoms with E-state index in [1.807, 2.05) is 42.7 Å². The van der Waals surface area contributed by atoms with E-state index in [9.17, 15) is 10.1 Å². The molecule has 2 aromatic carbocycles. The van der Waals surface area contributed by atoms with Gasteiger partial charge in [0, 0.05) is 35.7 Å². The predicted octanol–water partition coefficient (Wildman–Crippen LogP) is 4.64. The average Bonchev–Trinajstić information content (AvgIpc) is 3.29. The molecule has 0 spiro atoms. The Balaban J connectivity index is 1.89. The molecule has 0 unspecified atom stereocenters. The van der Waals surface area contributed by atoms with Crippen LogP contribution in [0.3, 0.4) is 0 Å². The van der Waals surface area contributed by atoms with Crippen molar-refractivity contribution >= 4 is 22.6 Å². The molecule has 6 nitrogen and oxygen atoms in total. The zero-order valence-corrected chi connectivity index (χ0v) is 18.3. The van der Waals surface area contributed by atoms with Crippen molar-refractivity contribution in [2.24, 2.45) is 0 Å². The van der Waals surface area contributed by atoms with Crippen LogP contribution in [0.4, 0.5) is 0 Å². The lowest BCUT2D eigenvalue weighted by molar-refractivity contribution is 0.414. The van der Waals surface area contributed by atoms with Gasteiger partial charge in [0.1, 0.15) is 11.8 Å². The topological polar surface area (TPSA) is 72.8 Å². The Morgan fingerprint density at radius 2 is 1.87 bits per heavy atom. The number of hydrogen-bond donors (Lipinski definition) is 0. The lowest BCUT2D eigenvalue weighted by Gasteiger charge is -2.11. The molecular weight excluding hydrogens is 491 g/mol. The molecule has 4 rings (SSSR count). The van der Waals surface area contributed by atoms with E-state index in [2.05, 4.69) is 33.8 Å². The molecule has 30 heavy (non-hydrogen) atoms.